The molecule has 0 spiro atoms. The summed E-state index contributed by atoms with van der Waals surface area (Å²) in [5.41, 5.74) is 2.17. The van der Waals surface area contributed by atoms with Crippen LogP contribution in [0, 0.1) is 0 Å². The molecule has 2 aromatic carbocycles. The molecule has 0 atom stereocenters. The molecule has 0 radical (unpaired) electrons. The van der Waals surface area contributed by atoms with Crippen molar-refractivity contribution in [1.82, 2.24) is 0 Å². The lowest BCUT2D eigenvalue weighted by molar-refractivity contribution is 1.57. The molecule has 0 unspecified atom stereocenters. The summed E-state index contributed by atoms with van der Waals surface area (Å²) in [4.78, 5) is 0. The van der Waals surface area contributed by atoms with Crippen LogP contribution in [0.1, 0.15) is 11.1 Å². The van der Waals surface area contributed by atoms with Crippen molar-refractivity contribution in [2.45, 2.75) is 0 Å². The molecule has 2 aromatic rings. The molecule has 0 aliphatic carbocycles. The molecule has 0 heterocycles. The smallest absolute Gasteiger partial charge is 0.0809 e. The standard InChI is InChI=1S/C16H7Cl7/c1-3-6-5-8(11(18)10(17)7(6)4-2)9-12(19)14(21)16(23)15(22)13(9)20/h3-5H,1-2H2. The van der Waals surface area contributed by atoms with Crippen LogP contribution < -0.4 is 0 Å². The number of benzene rings is 2. The normalized spacial score (nSPS) is 10.7. The average Bonchev–Trinajstić information content (AvgIpc) is 2.54. The SMILES string of the molecule is C=Cc1cc(-c2c(Cl)c(Cl)c(Cl)c(Cl)c2Cl)c(Cl)c(Cl)c1C=C. The summed E-state index contributed by atoms with van der Waals surface area (Å²) in [7, 11) is 0. The lowest BCUT2D eigenvalue weighted by atomic mass is 9.98. The summed E-state index contributed by atoms with van der Waals surface area (Å²) in [5, 5.41) is 1.03. The van der Waals surface area contributed by atoms with E-state index in [-0.39, 0.29) is 30.1 Å². The van der Waals surface area contributed by atoms with E-state index >= 15 is 0 Å². The Morgan fingerprint density at radius 3 is 1.52 bits per heavy atom. The second-order valence-corrected chi connectivity index (χ2v) is 7.05. The minimum absolute atomic E-state index is 0.0703. The Morgan fingerprint density at radius 2 is 1.09 bits per heavy atom. The highest BCUT2D eigenvalue weighted by Crippen LogP contribution is 2.51. The summed E-state index contributed by atoms with van der Waals surface area (Å²) in [6.07, 6.45) is 3.20. The summed E-state index contributed by atoms with van der Waals surface area (Å²) in [6.45, 7) is 7.47. The molecule has 120 valence electrons. The lowest BCUT2D eigenvalue weighted by Gasteiger charge is -2.17. The topological polar surface area (TPSA) is 0 Å². The molecule has 23 heavy (non-hydrogen) atoms. The first kappa shape index (κ1) is 19.3. The van der Waals surface area contributed by atoms with Crippen LogP contribution in [-0.2, 0) is 0 Å². The highest BCUT2D eigenvalue weighted by molar-refractivity contribution is 6.57. The van der Waals surface area contributed by atoms with E-state index in [1.807, 2.05) is 0 Å². The van der Waals surface area contributed by atoms with Crippen LogP contribution in [-0.4, -0.2) is 0 Å². The Balaban J connectivity index is 2.97. The zero-order valence-corrected chi connectivity index (χ0v) is 16.6. The molecular formula is C16H7Cl7. The van der Waals surface area contributed by atoms with E-state index in [1.54, 1.807) is 18.2 Å². The van der Waals surface area contributed by atoms with Gasteiger partial charge in [0, 0.05) is 16.7 Å². The van der Waals surface area contributed by atoms with Gasteiger partial charge in [-0.25, -0.2) is 0 Å². The van der Waals surface area contributed by atoms with Gasteiger partial charge in [0.2, 0.25) is 0 Å². The van der Waals surface area contributed by atoms with E-state index in [1.165, 1.54) is 0 Å². The monoisotopic (exact) mass is 444 g/mol. The van der Waals surface area contributed by atoms with Gasteiger partial charge >= 0.3 is 0 Å². The Labute approximate surface area is 169 Å². The molecule has 0 amide bonds. The van der Waals surface area contributed by atoms with Crippen LogP contribution in [0.5, 0.6) is 0 Å². The molecule has 0 bridgehead atoms. The number of hydrogen-bond acceptors (Lipinski definition) is 0. The summed E-state index contributed by atoms with van der Waals surface area (Å²) < 4.78 is 0. The van der Waals surface area contributed by atoms with Crippen LogP contribution in [0.25, 0.3) is 23.3 Å². The van der Waals surface area contributed by atoms with E-state index in [9.17, 15) is 0 Å². The molecule has 0 aliphatic rings. The highest BCUT2D eigenvalue weighted by Gasteiger charge is 2.24. The number of rotatable bonds is 3. The van der Waals surface area contributed by atoms with Crippen LogP contribution in [0.15, 0.2) is 19.2 Å². The first-order valence-electron chi connectivity index (χ1n) is 6.04. The van der Waals surface area contributed by atoms with Gasteiger partial charge in [-0.05, 0) is 11.6 Å². The number of halogens is 7. The molecule has 2 rings (SSSR count). The molecule has 7 heteroatoms. The highest BCUT2D eigenvalue weighted by atomic mass is 35.5. The maximum atomic E-state index is 6.38. The van der Waals surface area contributed by atoms with Crippen molar-refractivity contribution in [2.24, 2.45) is 0 Å². The third-order valence-electron chi connectivity index (χ3n) is 3.18. The molecule has 0 N–H and O–H groups in total. The predicted molar refractivity (Wildman–Crippen MR) is 107 cm³/mol. The minimum Gasteiger partial charge on any atom is -0.0984 e. The maximum absolute atomic E-state index is 6.38. The lowest BCUT2D eigenvalue weighted by Crippen LogP contribution is -1.92. The first-order valence-corrected chi connectivity index (χ1v) is 8.69. The molecule has 0 nitrogen and oxygen atoms in total. The van der Waals surface area contributed by atoms with Crippen molar-refractivity contribution >= 4 is 93.4 Å². The van der Waals surface area contributed by atoms with Gasteiger partial charge in [0.15, 0.2) is 0 Å². The van der Waals surface area contributed by atoms with Gasteiger partial charge in [-0.1, -0.05) is 107 Å². The summed E-state index contributed by atoms with van der Waals surface area (Å²) in [6, 6.07) is 1.73. The third kappa shape index (κ3) is 3.24. The zero-order chi connectivity index (χ0) is 17.5. The van der Waals surface area contributed by atoms with Crippen LogP contribution in [0.2, 0.25) is 35.2 Å². The second-order valence-electron chi connectivity index (χ2n) is 4.41. The largest absolute Gasteiger partial charge is 0.0984 e. The van der Waals surface area contributed by atoms with Gasteiger partial charge in [0.05, 0.1) is 35.2 Å². The van der Waals surface area contributed by atoms with Crippen LogP contribution in [0.4, 0.5) is 0 Å². The third-order valence-corrected chi connectivity index (χ3v) is 6.34. The van der Waals surface area contributed by atoms with Crippen molar-refractivity contribution in [2.75, 3.05) is 0 Å². The summed E-state index contributed by atoms with van der Waals surface area (Å²) >= 11 is 43.5. The molecule has 0 saturated carbocycles. The van der Waals surface area contributed by atoms with E-state index in [0.29, 0.717) is 27.3 Å². The predicted octanol–water partition coefficient (Wildman–Crippen LogP) is 9.21. The van der Waals surface area contributed by atoms with Gasteiger partial charge in [-0.15, -0.1) is 0 Å². The molecule has 0 saturated heterocycles. The average molecular weight is 447 g/mol. The van der Waals surface area contributed by atoms with Crippen molar-refractivity contribution in [1.29, 1.82) is 0 Å². The van der Waals surface area contributed by atoms with Gasteiger partial charge in [-0.3, -0.25) is 0 Å². The van der Waals surface area contributed by atoms with E-state index in [4.69, 9.17) is 81.2 Å². The van der Waals surface area contributed by atoms with Crippen LogP contribution >= 0.6 is 81.2 Å². The van der Waals surface area contributed by atoms with Gasteiger partial charge in [0.25, 0.3) is 0 Å². The van der Waals surface area contributed by atoms with Gasteiger partial charge in [0.1, 0.15) is 0 Å². The van der Waals surface area contributed by atoms with Crippen molar-refractivity contribution in [3.05, 3.63) is 65.5 Å². The van der Waals surface area contributed by atoms with E-state index < -0.39 is 0 Å². The fourth-order valence-corrected chi connectivity index (χ4v) is 3.94. The van der Waals surface area contributed by atoms with Crippen LogP contribution in [0.3, 0.4) is 0 Å². The minimum atomic E-state index is 0.0703. The molecule has 0 aromatic heterocycles. The number of hydrogen-bond donors (Lipinski definition) is 0. The molecule has 0 fully saturated rings. The fourth-order valence-electron chi connectivity index (χ4n) is 2.06. The van der Waals surface area contributed by atoms with Crippen molar-refractivity contribution in [3.63, 3.8) is 0 Å². The van der Waals surface area contributed by atoms with E-state index in [2.05, 4.69) is 13.2 Å². The Bertz CT molecular complexity index is 808. The Kier molecular flexibility index (Phi) is 6.25. The first-order chi connectivity index (χ1) is 10.8. The Hall–Kier alpha value is -0.0500. The molecule has 0 aliphatic heterocycles. The second kappa shape index (κ2) is 7.45. The van der Waals surface area contributed by atoms with Gasteiger partial charge in [-0.2, -0.15) is 0 Å². The van der Waals surface area contributed by atoms with E-state index in [0.717, 1.165) is 0 Å². The Morgan fingerprint density at radius 1 is 0.609 bits per heavy atom. The molecular weight excluding hydrogens is 440 g/mol. The maximum Gasteiger partial charge on any atom is 0.0809 e. The van der Waals surface area contributed by atoms with Crippen molar-refractivity contribution < 1.29 is 0 Å². The fraction of sp³-hybridized carbons (Fsp3) is 0. The zero-order valence-electron chi connectivity index (χ0n) is 11.3. The quantitative estimate of drug-likeness (QED) is 0.325. The van der Waals surface area contributed by atoms with Crippen molar-refractivity contribution in [3.8, 4) is 11.1 Å². The summed E-state index contributed by atoms with van der Waals surface area (Å²) in [5.74, 6) is 0. The van der Waals surface area contributed by atoms with Gasteiger partial charge < -0.3 is 0 Å².